The zero-order valence-electron chi connectivity index (χ0n) is 18.2. The number of aryl methyl sites for hydroxylation is 2. The average Bonchev–Trinajstić information content (AvgIpc) is 2.82. The highest BCUT2D eigenvalue weighted by Gasteiger charge is 2.24. The van der Waals surface area contributed by atoms with E-state index >= 15 is 0 Å². The topological polar surface area (TPSA) is 75.9 Å². The predicted molar refractivity (Wildman–Crippen MR) is 125 cm³/mol. The van der Waals surface area contributed by atoms with Gasteiger partial charge in [-0.25, -0.2) is 14.6 Å². The van der Waals surface area contributed by atoms with Crippen molar-refractivity contribution < 1.29 is 0 Å². The summed E-state index contributed by atoms with van der Waals surface area (Å²) >= 11 is 1.89. The maximum absolute atomic E-state index is 12.5. The molecule has 1 unspecified atom stereocenters. The van der Waals surface area contributed by atoms with Crippen LogP contribution in [0.15, 0.2) is 17.2 Å². The van der Waals surface area contributed by atoms with E-state index in [1.54, 1.807) is 11.0 Å². The quantitative estimate of drug-likeness (QED) is 0.740. The molecule has 1 fully saturated rings. The number of anilines is 1. The summed E-state index contributed by atoms with van der Waals surface area (Å²) in [7, 11) is 0. The van der Waals surface area contributed by atoms with Gasteiger partial charge >= 0.3 is 0 Å². The Morgan fingerprint density at radius 3 is 2.97 bits per heavy atom. The first kappa shape index (κ1) is 20.9. The molecular weight excluding hydrogens is 408 g/mol. The molecule has 166 valence electrons. The second-order valence-electron chi connectivity index (χ2n) is 8.90. The van der Waals surface area contributed by atoms with Crippen LogP contribution in [0.1, 0.15) is 54.6 Å². The second-order valence-corrected chi connectivity index (χ2v) is 10.0. The van der Waals surface area contributed by atoms with Crippen LogP contribution in [0.3, 0.4) is 0 Å². The van der Waals surface area contributed by atoms with E-state index in [9.17, 15) is 4.79 Å². The SMILES string of the molecule is O=c1cc2c(nn1CCN1CCCCC1CNc1ncnc3c1CCCC3)CCSC2. The number of hydrogen-bond donors (Lipinski definition) is 1. The zero-order valence-corrected chi connectivity index (χ0v) is 19.0. The fourth-order valence-corrected chi connectivity index (χ4v) is 6.06. The monoisotopic (exact) mass is 440 g/mol. The lowest BCUT2D eigenvalue weighted by molar-refractivity contribution is 0.147. The van der Waals surface area contributed by atoms with Gasteiger partial charge in [0.1, 0.15) is 12.1 Å². The molecule has 2 aromatic heterocycles. The van der Waals surface area contributed by atoms with Crippen LogP contribution >= 0.6 is 11.8 Å². The third-order valence-corrected chi connectivity index (χ3v) is 7.89. The molecule has 8 heteroatoms. The molecule has 0 saturated carbocycles. The summed E-state index contributed by atoms with van der Waals surface area (Å²) in [4.78, 5) is 24.1. The summed E-state index contributed by atoms with van der Waals surface area (Å²) < 4.78 is 1.69. The molecule has 0 amide bonds. The van der Waals surface area contributed by atoms with Crippen LogP contribution in [0.5, 0.6) is 0 Å². The summed E-state index contributed by atoms with van der Waals surface area (Å²) in [6.45, 7) is 3.52. The number of hydrogen-bond acceptors (Lipinski definition) is 7. The summed E-state index contributed by atoms with van der Waals surface area (Å²) in [5.74, 6) is 3.05. The molecule has 31 heavy (non-hydrogen) atoms. The lowest BCUT2D eigenvalue weighted by Gasteiger charge is -2.36. The summed E-state index contributed by atoms with van der Waals surface area (Å²) in [5, 5.41) is 8.34. The second kappa shape index (κ2) is 9.69. The summed E-state index contributed by atoms with van der Waals surface area (Å²) in [6, 6.07) is 2.27. The van der Waals surface area contributed by atoms with Crippen molar-refractivity contribution in [2.24, 2.45) is 0 Å². The van der Waals surface area contributed by atoms with E-state index in [0.717, 1.165) is 67.5 Å². The van der Waals surface area contributed by atoms with Crippen LogP contribution in [0.4, 0.5) is 5.82 Å². The fraction of sp³-hybridized carbons (Fsp3) is 0.652. The van der Waals surface area contributed by atoms with Crippen molar-refractivity contribution in [3.05, 3.63) is 45.3 Å². The maximum atomic E-state index is 12.5. The third kappa shape index (κ3) is 4.80. The predicted octanol–water partition coefficient (Wildman–Crippen LogP) is 2.67. The molecule has 4 heterocycles. The molecule has 1 N–H and O–H groups in total. The zero-order chi connectivity index (χ0) is 21.0. The lowest BCUT2D eigenvalue weighted by Crippen LogP contribution is -2.46. The van der Waals surface area contributed by atoms with E-state index in [1.807, 2.05) is 17.8 Å². The van der Waals surface area contributed by atoms with Gasteiger partial charge in [-0.2, -0.15) is 16.9 Å². The largest absolute Gasteiger partial charge is 0.368 e. The molecule has 1 atom stereocenters. The number of aromatic nitrogens is 4. The van der Waals surface area contributed by atoms with Gasteiger partial charge in [-0.05, 0) is 56.4 Å². The molecule has 2 aromatic rings. The Morgan fingerprint density at radius 2 is 2.00 bits per heavy atom. The van der Waals surface area contributed by atoms with Gasteiger partial charge < -0.3 is 5.32 Å². The normalized spacial score (nSPS) is 21.4. The Bertz CT molecular complexity index is 977. The Morgan fingerprint density at radius 1 is 1.06 bits per heavy atom. The van der Waals surface area contributed by atoms with Crippen molar-refractivity contribution in [1.29, 1.82) is 0 Å². The standard InChI is InChI=1S/C23H32N6OS/c30-22-13-17-15-31-12-8-20(17)27-29(22)11-10-28-9-4-3-5-18(28)14-24-23-19-6-1-2-7-21(19)25-16-26-23/h13,16,18H,1-12,14-15H2,(H,24,25,26). The van der Waals surface area contributed by atoms with Gasteiger partial charge in [0.25, 0.3) is 5.56 Å². The van der Waals surface area contributed by atoms with Crippen LogP contribution in [-0.4, -0.2) is 56.1 Å². The molecule has 1 aliphatic carbocycles. The highest BCUT2D eigenvalue weighted by atomic mass is 32.2. The van der Waals surface area contributed by atoms with Crippen molar-refractivity contribution in [2.75, 3.05) is 30.7 Å². The lowest BCUT2D eigenvalue weighted by atomic mass is 9.96. The Hall–Kier alpha value is -1.93. The van der Waals surface area contributed by atoms with Crippen LogP contribution in [-0.2, 0) is 31.6 Å². The molecule has 0 bridgehead atoms. The molecule has 0 spiro atoms. The minimum absolute atomic E-state index is 0.0422. The number of rotatable bonds is 6. The van der Waals surface area contributed by atoms with Crippen LogP contribution in [0.25, 0.3) is 0 Å². The van der Waals surface area contributed by atoms with E-state index in [4.69, 9.17) is 5.10 Å². The summed E-state index contributed by atoms with van der Waals surface area (Å²) in [6.07, 6.45) is 11.0. The van der Waals surface area contributed by atoms with Gasteiger partial charge in [-0.3, -0.25) is 9.69 Å². The number of nitrogens with one attached hydrogen (secondary N) is 1. The van der Waals surface area contributed by atoms with Gasteiger partial charge in [0.05, 0.1) is 12.2 Å². The highest BCUT2D eigenvalue weighted by Crippen LogP contribution is 2.25. The van der Waals surface area contributed by atoms with E-state index in [2.05, 4.69) is 20.2 Å². The van der Waals surface area contributed by atoms with Gasteiger partial charge in [-0.15, -0.1) is 0 Å². The van der Waals surface area contributed by atoms with Crippen molar-refractivity contribution in [3.8, 4) is 0 Å². The molecule has 0 radical (unpaired) electrons. The van der Waals surface area contributed by atoms with Gasteiger partial charge in [0.2, 0.25) is 0 Å². The van der Waals surface area contributed by atoms with E-state index in [1.165, 1.54) is 43.4 Å². The first-order chi connectivity index (χ1) is 15.3. The van der Waals surface area contributed by atoms with E-state index < -0.39 is 0 Å². The molecule has 3 aliphatic rings. The van der Waals surface area contributed by atoms with Crippen molar-refractivity contribution in [2.45, 2.75) is 69.7 Å². The van der Waals surface area contributed by atoms with Crippen LogP contribution < -0.4 is 10.9 Å². The smallest absolute Gasteiger partial charge is 0.267 e. The number of fused-ring (bicyclic) bond motifs is 2. The van der Waals surface area contributed by atoms with Crippen LogP contribution in [0.2, 0.25) is 0 Å². The van der Waals surface area contributed by atoms with Crippen molar-refractivity contribution in [1.82, 2.24) is 24.6 Å². The maximum Gasteiger partial charge on any atom is 0.267 e. The molecular formula is C23H32N6OS. The summed E-state index contributed by atoms with van der Waals surface area (Å²) in [5.41, 5.74) is 4.83. The number of thioether (sulfide) groups is 1. The first-order valence-electron chi connectivity index (χ1n) is 11.8. The number of piperidine rings is 1. The Balaban J connectivity index is 1.23. The highest BCUT2D eigenvalue weighted by molar-refractivity contribution is 7.98. The molecule has 2 aliphatic heterocycles. The minimum Gasteiger partial charge on any atom is -0.368 e. The Kier molecular flexibility index (Phi) is 6.55. The number of likely N-dealkylation sites (tertiary alicyclic amines) is 1. The van der Waals surface area contributed by atoms with Gasteiger partial charge in [0, 0.05) is 48.6 Å². The Labute approximate surface area is 188 Å². The molecule has 7 nitrogen and oxygen atoms in total. The first-order valence-corrected chi connectivity index (χ1v) is 12.9. The minimum atomic E-state index is 0.0422. The third-order valence-electron chi connectivity index (χ3n) is 6.88. The van der Waals surface area contributed by atoms with Gasteiger partial charge in [0.15, 0.2) is 0 Å². The molecule has 5 rings (SSSR count). The molecule has 1 saturated heterocycles. The van der Waals surface area contributed by atoms with E-state index in [-0.39, 0.29) is 5.56 Å². The van der Waals surface area contributed by atoms with Gasteiger partial charge in [-0.1, -0.05) is 6.42 Å². The van der Waals surface area contributed by atoms with Crippen LogP contribution in [0, 0.1) is 0 Å². The fourth-order valence-electron chi connectivity index (χ4n) is 5.11. The van der Waals surface area contributed by atoms with Crippen molar-refractivity contribution in [3.63, 3.8) is 0 Å². The number of nitrogens with zero attached hydrogens (tertiary/aromatic N) is 5. The van der Waals surface area contributed by atoms with E-state index in [0.29, 0.717) is 12.6 Å². The average molecular weight is 441 g/mol. The molecule has 0 aromatic carbocycles. The van der Waals surface area contributed by atoms with Crippen molar-refractivity contribution >= 4 is 17.6 Å².